The minimum absolute atomic E-state index is 0.0940. The molecule has 0 aliphatic carbocycles. The zero-order valence-electron chi connectivity index (χ0n) is 11.3. The fraction of sp³-hybridized carbons (Fsp3) is 0.923. The maximum atomic E-state index is 11.9. The van der Waals surface area contributed by atoms with E-state index >= 15 is 0 Å². The lowest BCUT2D eigenvalue weighted by Gasteiger charge is -2.27. The highest BCUT2D eigenvalue weighted by Crippen LogP contribution is 2.06. The van der Waals surface area contributed by atoms with Crippen molar-refractivity contribution < 1.29 is 9.53 Å². The molecule has 0 aromatic carbocycles. The second-order valence-electron chi connectivity index (χ2n) is 5.00. The van der Waals surface area contributed by atoms with E-state index in [2.05, 4.69) is 24.5 Å². The Balaban J connectivity index is 2.25. The first-order valence-electron chi connectivity index (χ1n) is 6.77. The molecule has 4 nitrogen and oxygen atoms in total. The van der Waals surface area contributed by atoms with Crippen molar-refractivity contribution in [1.82, 2.24) is 10.6 Å². The maximum absolute atomic E-state index is 11.9. The normalized spacial score (nSPS) is 24.1. The van der Waals surface area contributed by atoms with Gasteiger partial charge in [0.2, 0.25) is 5.91 Å². The summed E-state index contributed by atoms with van der Waals surface area (Å²) in [5.41, 5.74) is 0. The smallest absolute Gasteiger partial charge is 0.237 e. The van der Waals surface area contributed by atoms with Crippen LogP contribution < -0.4 is 10.6 Å². The molecular weight excluding hydrogens is 216 g/mol. The first-order chi connectivity index (χ1) is 8.13. The Bertz CT molecular complexity index is 227. The second kappa shape index (κ2) is 7.67. The summed E-state index contributed by atoms with van der Waals surface area (Å²) >= 11 is 0. The van der Waals surface area contributed by atoms with Crippen molar-refractivity contribution in [2.75, 3.05) is 13.2 Å². The summed E-state index contributed by atoms with van der Waals surface area (Å²) in [7, 11) is 0. The van der Waals surface area contributed by atoms with Gasteiger partial charge in [-0.1, -0.05) is 13.3 Å². The Morgan fingerprint density at radius 2 is 2.24 bits per heavy atom. The van der Waals surface area contributed by atoms with Crippen LogP contribution in [0.3, 0.4) is 0 Å². The van der Waals surface area contributed by atoms with E-state index in [9.17, 15) is 4.79 Å². The fourth-order valence-electron chi connectivity index (χ4n) is 2.17. The van der Waals surface area contributed by atoms with Crippen molar-refractivity contribution in [2.24, 2.45) is 0 Å². The van der Waals surface area contributed by atoms with Gasteiger partial charge in [0.1, 0.15) is 0 Å². The van der Waals surface area contributed by atoms with E-state index < -0.39 is 0 Å². The van der Waals surface area contributed by atoms with Crippen molar-refractivity contribution in [3.63, 3.8) is 0 Å². The molecule has 3 unspecified atom stereocenters. The third kappa shape index (κ3) is 5.50. The first-order valence-corrected chi connectivity index (χ1v) is 6.77. The molecule has 1 rings (SSSR count). The van der Waals surface area contributed by atoms with Gasteiger partial charge in [0.15, 0.2) is 0 Å². The zero-order chi connectivity index (χ0) is 12.7. The van der Waals surface area contributed by atoms with Crippen LogP contribution in [0.1, 0.15) is 46.5 Å². The molecule has 0 aromatic heterocycles. The predicted octanol–water partition coefficient (Wildman–Crippen LogP) is 1.45. The molecule has 3 atom stereocenters. The number of hydrogen-bond donors (Lipinski definition) is 2. The summed E-state index contributed by atoms with van der Waals surface area (Å²) in [5.74, 6) is 0.0940. The molecule has 0 radical (unpaired) electrons. The molecule has 0 spiro atoms. The molecule has 17 heavy (non-hydrogen) atoms. The molecular formula is C13H26N2O2. The molecule has 0 bridgehead atoms. The van der Waals surface area contributed by atoms with E-state index in [1.165, 1.54) is 0 Å². The van der Waals surface area contributed by atoms with Gasteiger partial charge in [0.05, 0.1) is 12.6 Å². The Morgan fingerprint density at radius 3 is 2.82 bits per heavy atom. The van der Waals surface area contributed by atoms with Crippen molar-refractivity contribution in [3.05, 3.63) is 0 Å². The first kappa shape index (κ1) is 14.5. The largest absolute Gasteiger partial charge is 0.380 e. The summed E-state index contributed by atoms with van der Waals surface area (Å²) in [6.45, 7) is 7.68. The molecule has 2 N–H and O–H groups in total. The van der Waals surface area contributed by atoms with E-state index in [1.54, 1.807) is 0 Å². The molecule has 0 saturated carbocycles. The van der Waals surface area contributed by atoms with Crippen LogP contribution >= 0.6 is 0 Å². The van der Waals surface area contributed by atoms with Crippen molar-refractivity contribution >= 4 is 5.91 Å². The lowest BCUT2D eigenvalue weighted by Crippen LogP contribution is -2.50. The summed E-state index contributed by atoms with van der Waals surface area (Å²) in [4.78, 5) is 11.9. The number of amides is 1. The summed E-state index contributed by atoms with van der Waals surface area (Å²) in [6.07, 6.45) is 4.31. The van der Waals surface area contributed by atoms with Crippen LogP contribution in [-0.4, -0.2) is 37.2 Å². The molecule has 0 aromatic rings. The lowest BCUT2D eigenvalue weighted by atomic mass is 10.1. The van der Waals surface area contributed by atoms with Crippen molar-refractivity contribution in [1.29, 1.82) is 0 Å². The zero-order valence-corrected chi connectivity index (χ0v) is 11.3. The van der Waals surface area contributed by atoms with E-state index in [0.29, 0.717) is 6.04 Å². The molecule has 1 amide bonds. The highest BCUT2D eigenvalue weighted by molar-refractivity contribution is 5.81. The Kier molecular flexibility index (Phi) is 6.52. The third-order valence-electron chi connectivity index (χ3n) is 3.15. The SMILES string of the molecule is CCCC(C)NC(=O)C(C)NC1CCCOC1. The number of carbonyl (C=O) groups is 1. The van der Waals surface area contributed by atoms with E-state index in [1.807, 2.05) is 6.92 Å². The van der Waals surface area contributed by atoms with Crippen LogP contribution in [0, 0.1) is 0 Å². The van der Waals surface area contributed by atoms with Gasteiger partial charge in [-0.2, -0.15) is 0 Å². The molecule has 1 saturated heterocycles. The Hall–Kier alpha value is -0.610. The number of carbonyl (C=O) groups excluding carboxylic acids is 1. The Morgan fingerprint density at radius 1 is 1.47 bits per heavy atom. The van der Waals surface area contributed by atoms with Gasteiger partial charge >= 0.3 is 0 Å². The van der Waals surface area contributed by atoms with Crippen LogP contribution in [0.2, 0.25) is 0 Å². The molecule has 1 aliphatic rings. The van der Waals surface area contributed by atoms with E-state index in [4.69, 9.17) is 4.74 Å². The van der Waals surface area contributed by atoms with Gasteiger partial charge in [-0.3, -0.25) is 4.79 Å². The minimum atomic E-state index is -0.138. The average molecular weight is 242 g/mol. The number of hydrogen-bond acceptors (Lipinski definition) is 3. The van der Waals surface area contributed by atoms with Gasteiger partial charge in [0, 0.05) is 18.7 Å². The molecule has 100 valence electrons. The standard InChI is InChI=1S/C13H26N2O2/c1-4-6-10(2)14-13(16)11(3)15-12-7-5-8-17-9-12/h10-12,15H,4-9H2,1-3H3,(H,14,16). The summed E-state index contributed by atoms with van der Waals surface area (Å²) < 4.78 is 5.39. The Labute approximate surface area is 104 Å². The van der Waals surface area contributed by atoms with E-state index in [-0.39, 0.29) is 18.0 Å². The van der Waals surface area contributed by atoms with Gasteiger partial charge < -0.3 is 15.4 Å². The monoisotopic (exact) mass is 242 g/mol. The van der Waals surface area contributed by atoms with Crippen LogP contribution in [0.4, 0.5) is 0 Å². The minimum Gasteiger partial charge on any atom is -0.380 e. The van der Waals surface area contributed by atoms with Crippen LogP contribution in [0.15, 0.2) is 0 Å². The quantitative estimate of drug-likeness (QED) is 0.741. The average Bonchev–Trinajstić information content (AvgIpc) is 2.30. The van der Waals surface area contributed by atoms with Gasteiger partial charge in [0.25, 0.3) is 0 Å². The van der Waals surface area contributed by atoms with Crippen LogP contribution in [0.5, 0.6) is 0 Å². The van der Waals surface area contributed by atoms with Crippen molar-refractivity contribution in [3.8, 4) is 0 Å². The maximum Gasteiger partial charge on any atom is 0.237 e. The highest BCUT2D eigenvalue weighted by atomic mass is 16.5. The second-order valence-corrected chi connectivity index (χ2v) is 5.00. The van der Waals surface area contributed by atoms with Crippen LogP contribution in [-0.2, 0) is 9.53 Å². The topological polar surface area (TPSA) is 50.4 Å². The van der Waals surface area contributed by atoms with Crippen molar-refractivity contribution in [2.45, 2.75) is 64.6 Å². The summed E-state index contributed by atoms with van der Waals surface area (Å²) in [6, 6.07) is 0.450. The number of rotatable bonds is 6. The molecule has 1 fully saturated rings. The summed E-state index contributed by atoms with van der Waals surface area (Å²) in [5, 5.41) is 6.36. The van der Waals surface area contributed by atoms with Gasteiger partial charge in [-0.15, -0.1) is 0 Å². The van der Waals surface area contributed by atoms with Gasteiger partial charge in [-0.05, 0) is 33.1 Å². The fourth-order valence-corrected chi connectivity index (χ4v) is 2.17. The molecule has 1 heterocycles. The highest BCUT2D eigenvalue weighted by Gasteiger charge is 2.20. The predicted molar refractivity (Wildman–Crippen MR) is 69.0 cm³/mol. The van der Waals surface area contributed by atoms with Gasteiger partial charge in [-0.25, -0.2) is 0 Å². The lowest BCUT2D eigenvalue weighted by molar-refractivity contribution is -0.123. The van der Waals surface area contributed by atoms with E-state index in [0.717, 1.165) is 38.9 Å². The number of nitrogens with one attached hydrogen (secondary N) is 2. The number of ether oxygens (including phenoxy) is 1. The molecule has 4 heteroatoms. The molecule has 1 aliphatic heterocycles. The third-order valence-corrected chi connectivity index (χ3v) is 3.15. The van der Waals surface area contributed by atoms with Crippen LogP contribution in [0.25, 0.3) is 0 Å².